The predicted octanol–water partition coefficient (Wildman–Crippen LogP) is 1.01. The smallest absolute Gasteiger partial charge is 0.330 e. The van der Waals surface area contributed by atoms with Crippen molar-refractivity contribution in [3.63, 3.8) is 0 Å². The van der Waals surface area contributed by atoms with E-state index in [1.807, 2.05) is 0 Å². The van der Waals surface area contributed by atoms with Crippen molar-refractivity contribution in [3.05, 3.63) is 32.9 Å². The molecular formula is C22H33F4N4O9PS. The number of alkyl halides is 3. The van der Waals surface area contributed by atoms with E-state index >= 15 is 4.39 Å². The molecule has 0 saturated carbocycles. The second kappa shape index (κ2) is 13.8. The lowest BCUT2D eigenvalue weighted by Crippen LogP contribution is -2.53. The Morgan fingerprint density at radius 3 is 2.05 bits per heavy atom. The number of ether oxygens (including phenoxy) is 3. The topological polar surface area (TPSA) is 170 Å². The third-order valence-electron chi connectivity index (χ3n) is 5.59. The molecule has 0 amide bonds. The van der Waals surface area contributed by atoms with Gasteiger partial charge in [-0.3, -0.25) is 23.9 Å². The maximum Gasteiger partial charge on any atom is 0.330 e. The molecule has 1 aromatic rings. The Bertz CT molecular complexity index is 1230. The van der Waals surface area contributed by atoms with Gasteiger partial charge < -0.3 is 23.8 Å². The molecule has 19 heteroatoms. The van der Waals surface area contributed by atoms with Crippen molar-refractivity contribution in [3.8, 4) is 0 Å². The molecule has 1 fully saturated rings. The number of carbonyl (C=O) groups is 2. The number of nitrogens with zero attached hydrogens (tertiary/aromatic N) is 1. The van der Waals surface area contributed by atoms with E-state index in [1.54, 1.807) is 27.7 Å². The summed E-state index contributed by atoms with van der Waals surface area (Å²) in [7, 11) is 0. The highest BCUT2D eigenvalue weighted by molar-refractivity contribution is 8.10. The molecule has 1 aromatic heterocycles. The first-order valence-corrected chi connectivity index (χ1v) is 15.1. The monoisotopic (exact) mass is 636 g/mol. The molecule has 1 aliphatic heterocycles. The average Bonchev–Trinajstić information content (AvgIpc) is 3.10. The number of hydrogen-bond acceptors (Lipinski definition) is 10. The maximum absolute atomic E-state index is 15.1. The Hall–Kier alpha value is -2.21. The van der Waals surface area contributed by atoms with E-state index in [1.165, 1.54) is 18.8 Å². The number of aromatic amines is 1. The summed E-state index contributed by atoms with van der Waals surface area (Å²) in [6.07, 6.45) is -12.2. The van der Waals surface area contributed by atoms with E-state index in [4.69, 9.17) is 30.5 Å². The number of aromatic nitrogens is 2. The lowest BCUT2D eigenvalue weighted by Gasteiger charge is -2.35. The van der Waals surface area contributed by atoms with Crippen molar-refractivity contribution < 1.29 is 51.0 Å². The average molecular weight is 637 g/mol. The normalized spacial score (nSPS) is 24.6. The summed E-state index contributed by atoms with van der Waals surface area (Å²) >= 11 is 5.46. The number of aliphatic hydroxyl groups excluding tert-OH is 1. The van der Waals surface area contributed by atoms with Crippen LogP contribution in [0.2, 0.25) is 0 Å². The van der Waals surface area contributed by atoms with E-state index in [9.17, 15) is 37.5 Å². The van der Waals surface area contributed by atoms with Gasteiger partial charge in [0.2, 0.25) is 5.82 Å². The van der Waals surface area contributed by atoms with Crippen LogP contribution in [0.25, 0.3) is 0 Å². The lowest BCUT2D eigenvalue weighted by atomic mass is 9.97. The van der Waals surface area contributed by atoms with Gasteiger partial charge in [-0.05, 0) is 53.3 Å². The first kappa shape index (κ1) is 35.0. The van der Waals surface area contributed by atoms with Gasteiger partial charge in [-0.1, -0.05) is 0 Å². The third-order valence-corrected chi connectivity index (χ3v) is 8.49. The highest BCUT2D eigenvalue weighted by Crippen LogP contribution is 2.47. The molecule has 6 atom stereocenters. The van der Waals surface area contributed by atoms with Crippen LogP contribution in [0, 0.1) is 5.82 Å². The molecule has 0 aromatic carbocycles. The Labute approximate surface area is 237 Å². The minimum Gasteiger partial charge on any atom is -0.462 e. The van der Waals surface area contributed by atoms with Crippen molar-refractivity contribution in [1.82, 2.24) is 19.7 Å². The van der Waals surface area contributed by atoms with E-state index in [0.29, 0.717) is 0 Å². The van der Waals surface area contributed by atoms with Crippen LogP contribution in [0.4, 0.5) is 17.6 Å². The second-order valence-electron chi connectivity index (χ2n) is 9.79. The third kappa shape index (κ3) is 8.43. The molecule has 0 unspecified atom stereocenters. The van der Waals surface area contributed by atoms with Crippen LogP contribution in [0.1, 0.15) is 47.8 Å². The van der Waals surface area contributed by atoms with Crippen LogP contribution in [-0.4, -0.2) is 81.8 Å². The summed E-state index contributed by atoms with van der Waals surface area (Å²) in [5.74, 6) is -3.16. The largest absolute Gasteiger partial charge is 0.462 e. The van der Waals surface area contributed by atoms with Gasteiger partial charge in [-0.25, -0.2) is 28.1 Å². The highest BCUT2D eigenvalue weighted by Gasteiger charge is 2.62. The summed E-state index contributed by atoms with van der Waals surface area (Å²) in [6.45, 7) is 3.70. The molecule has 0 spiro atoms. The van der Waals surface area contributed by atoms with Crippen LogP contribution in [-0.2, 0) is 40.1 Å². The Balaban J connectivity index is 2.42. The zero-order chi connectivity index (χ0) is 31.4. The van der Waals surface area contributed by atoms with Gasteiger partial charge in [-0.2, -0.15) is 4.39 Å². The van der Waals surface area contributed by atoms with Gasteiger partial charge in [0.15, 0.2) is 24.6 Å². The van der Waals surface area contributed by atoms with Gasteiger partial charge >= 0.3 is 17.6 Å². The van der Waals surface area contributed by atoms with Crippen LogP contribution >= 0.6 is 6.57 Å². The quantitative estimate of drug-likeness (QED) is 0.138. The van der Waals surface area contributed by atoms with Gasteiger partial charge in [0.05, 0.1) is 25.0 Å². The SMILES string of the molecule is CC(C)OC(=O)[C@H](C)NP(=S)(N[C@@H](C)C(=O)OC(C)C)OC[C@@]1(C(F)F)O[C@@H](n2cc(F)c(=O)[nH]c2=O)[C@H](F)[C@@H]1O. The molecule has 0 bridgehead atoms. The zero-order valence-electron chi connectivity index (χ0n) is 22.9. The predicted molar refractivity (Wildman–Crippen MR) is 139 cm³/mol. The summed E-state index contributed by atoms with van der Waals surface area (Å²) in [6, 6.07) is -2.41. The molecule has 2 rings (SSSR count). The molecule has 4 N–H and O–H groups in total. The number of aliphatic hydroxyl groups is 1. The first-order chi connectivity index (χ1) is 18.8. The number of halogens is 4. The number of rotatable bonds is 13. The van der Waals surface area contributed by atoms with Crippen molar-refractivity contribution in [1.29, 1.82) is 0 Å². The number of nitrogens with one attached hydrogen (secondary N) is 3. The lowest BCUT2D eigenvalue weighted by molar-refractivity contribution is -0.191. The molecule has 234 valence electrons. The number of carbonyl (C=O) groups excluding carboxylic acids is 2. The Morgan fingerprint density at radius 1 is 1.12 bits per heavy atom. The molecule has 1 aliphatic rings. The number of H-pyrrole nitrogens is 1. The van der Waals surface area contributed by atoms with E-state index in [2.05, 4.69) is 10.2 Å². The van der Waals surface area contributed by atoms with Crippen molar-refractivity contribution >= 4 is 30.3 Å². The molecule has 41 heavy (non-hydrogen) atoms. The molecule has 13 nitrogen and oxygen atoms in total. The minimum absolute atomic E-state index is 0.162. The fourth-order valence-corrected chi connectivity index (χ4v) is 6.54. The molecule has 0 radical (unpaired) electrons. The number of hydrogen-bond donors (Lipinski definition) is 4. The molecule has 1 saturated heterocycles. The highest BCUT2D eigenvalue weighted by atomic mass is 32.4. The molecular weight excluding hydrogens is 603 g/mol. The Morgan fingerprint density at radius 2 is 1.61 bits per heavy atom. The van der Waals surface area contributed by atoms with E-state index < -0.39 is 97.0 Å². The molecule has 0 aliphatic carbocycles. The summed E-state index contributed by atoms with van der Waals surface area (Å²) < 4.78 is 78.8. The van der Waals surface area contributed by atoms with E-state index in [-0.39, 0.29) is 10.8 Å². The number of esters is 2. The van der Waals surface area contributed by atoms with Crippen molar-refractivity contribution in [2.45, 2.75) is 96.4 Å². The summed E-state index contributed by atoms with van der Waals surface area (Å²) in [4.78, 5) is 49.8. The fourth-order valence-electron chi connectivity index (χ4n) is 3.60. The van der Waals surface area contributed by atoms with Crippen LogP contribution in [0.5, 0.6) is 0 Å². The van der Waals surface area contributed by atoms with Gasteiger partial charge in [-0.15, -0.1) is 0 Å². The van der Waals surface area contributed by atoms with Crippen LogP contribution in [0.15, 0.2) is 15.8 Å². The standard InChI is InChI=1S/C22H33F4N4O9PS/c1-9(2)37-18(33)11(5)28-40(41,29-12(6)19(34)38-10(3)4)36-8-22(20(25)26)15(31)14(24)17(39-22)30-7-13(23)16(32)27-21(30)35/h7,9-12,14-15,17,20,31H,8H2,1-6H3,(H,27,32,35)(H2,28,29,41)/t11-,12-,14+,15-,17+,22+/m0/s1. The van der Waals surface area contributed by atoms with Gasteiger partial charge in [0, 0.05) is 0 Å². The summed E-state index contributed by atoms with van der Waals surface area (Å²) in [5, 5.41) is 15.7. The fraction of sp³-hybridized carbons (Fsp3) is 0.727. The second-order valence-corrected chi connectivity index (χ2v) is 13.2. The van der Waals surface area contributed by atoms with Crippen molar-refractivity contribution in [2.75, 3.05) is 6.61 Å². The minimum atomic E-state index is -3.91. The van der Waals surface area contributed by atoms with E-state index in [0.717, 1.165) is 0 Å². The summed E-state index contributed by atoms with van der Waals surface area (Å²) in [5.41, 5.74) is -6.02. The van der Waals surface area contributed by atoms with Gasteiger partial charge in [0.1, 0.15) is 18.2 Å². The van der Waals surface area contributed by atoms with Crippen LogP contribution < -0.4 is 21.4 Å². The Kier molecular flexibility index (Phi) is 11.8. The maximum atomic E-state index is 15.1. The molecule has 2 heterocycles. The first-order valence-electron chi connectivity index (χ1n) is 12.3. The zero-order valence-corrected chi connectivity index (χ0v) is 24.6. The van der Waals surface area contributed by atoms with Gasteiger partial charge in [0.25, 0.3) is 12.0 Å². The van der Waals surface area contributed by atoms with Crippen LogP contribution in [0.3, 0.4) is 0 Å². The van der Waals surface area contributed by atoms with Crippen molar-refractivity contribution in [2.24, 2.45) is 0 Å².